The highest BCUT2D eigenvalue weighted by atomic mass is 16.1. The molecule has 2 heterocycles. The minimum absolute atomic E-state index is 0.134. The Morgan fingerprint density at radius 2 is 2.00 bits per heavy atom. The maximum atomic E-state index is 11.6. The molecule has 2 aromatic heterocycles. The molecule has 0 bridgehead atoms. The molecule has 0 radical (unpaired) electrons. The average molecular weight is 204 g/mol. The van der Waals surface area contributed by atoms with Crippen LogP contribution in [0.15, 0.2) is 29.3 Å². The molecule has 0 aliphatic carbocycles. The molecule has 0 aliphatic rings. The molecule has 2 aromatic rings. The zero-order valence-corrected chi connectivity index (χ0v) is 8.64. The Hall–Kier alpha value is -1.91. The van der Waals surface area contributed by atoms with Crippen LogP contribution < -0.4 is 5.56 Å². The average Bonchev–Trinajstić information content (AvgIpc) is 2.62. The van der Waals surface area contributed by atoms with Crippen LogP contribution in [0.2, 0.25) is 0 Å². The summed E-state index contributed by atoms with van der Waals surface area (Å²) in [6, 6.07) is 3.28. The van der Waals surface area contributed by atoms with E-state index in [2.05, 4.69) is 15.1 Å². The van der Waals surface area contributed by atoms with Crippen LogP contribution in [0, 0.1) is 0 Å². The van der Waals surface area contributed by atoms with Gasteiger partial charge in [-0.05, 0) is 12.0 Å². The van der Waals surface area contributed by atoms with E-state index in [1.165, 1.54) is 4.68 Å². The quantitative estimate of drug-likeness (QED) is 0.796. The molecular formula is C10H12N4O. The number of rotatable bonds is 2. The molecule has 2 rings (SSSR count). The first-order valence-electron chi connectivity index (χ1n) is 4.78. The van der Waals surface area contributed by atoms with E-state index in [9.17, 15) is 4.79 Å². The lowest BCUT2D eigenvalue weighted by molar-refractivity contribution is 0.731. The van der Waals surface area contributed by atoms with Gasteiger partial charge in [-0.2, -0.15) is 4.68 Å². The molecule has 78 valence electrons. The van der Waals surface area contributed by atoms with Gasteiger partial charge in [0.25, 0.3) is 11.5 Å². The first-order valence-corrected chi connectivity index (χ1v) is 4.78. The molecule has 0 saturated heterocycles. The Labute approximate surface area is 86.8 Å². The van der Waals surface area contributed by atoms with Gasteiger partial charge in [0.15, 0.2) is 0 Å². The van der Waals surface area contributed by atoms with Crippen molar-refractivity contribution in [2.24, 2.45) is 0 Å². The third-order valence-electron chi connectivity index (χ3n) is 2.11. The summed E-state index contributed by atoms with van der Waals surface area (Å²) in [6.45, 7) is 4.03. The number of hydrogen-bond donors (Lipinski definition) is 1. The van der Waals surface area contributed by atoms with Crippen molar-refractivity contribution in [3.63, 3.8) is 0 Å². The van der Waals surface area contributed by atoms with E-state index in [4.69, 9.17) is 0 Å². The SMILES string of the molecule is CC(C)c1cc(=O)n(-c2ncccn2)[nH]1. The predicted molar refractivity (Wildman–Crippen MR) is 56.1 cm³/mol. The highest BCUT2D eigenvalue weighted by Crippen LogP contribution is 2.08. The van der Waals surface area contributed by atoms with Crippen molar-refractivity contribution in [2.45, 2.75) is 19.8 Å². The van der Waals surface area contributed by atoms with Crippen LogP contribution in [0.25, 0.3) is 5.95 Å². The summed E-state index contributed by atoms with van der Waals surface area (Å²) in [7, 11) is 0. The third-order valence-corrected chi connectivity index (χ3v) is 2.11. The Balaban J connectivity index is 2.50. The van der Waals surface area contributed by atoms with Crippen LogP contribution >= 0.6 is 0 Å². The van der Waals surface area contributed by atoms with Crippen LogP contribution in [0.4, 0.5) is 0 Å². The summed E-state index contributed by atoms with van der Waals surface area (Å²) >= 11 is 0. The molecule has 1 N–H and O–H groups in total. The molecule has 0 unspecified atom stereocenters. The van der Waals surface area contributed by atoms with Gasteiger partial charge in [0.2, 0.25) is 0 Å². The third kappa shape index (κ3) is 1.81. The summed E-state index contributed by atoms with van der Waals surface area (Å²) in [6.07, 6.45) is 3.20. The van der Waals surface area contributed by atoms with E-state index < -0.39 is 0 Å². The minimum atomic E-state index is -0.134. The standard InChI is InChI=1S/C10H12N4O/c1-7(2)8-6-9(15)14(13-8)10-11-4-3-5-12-10/h3-7,13H,1-2H3. The van der Waals surface area contributed by atoms with Crippen molar-refractivity contribution in [1.29, 1.82) is 0 Å². The highest BCUT2D eigenvalue weighted by molar-refractivity contribution is 5.13. The van der Waals surface area contributed by atoms with E-state index in [1.807, 2.05) is 13.8 Å². The predicted octanol–water partition coefficient (Wildman–Crippen LogP) is 1.08. The maximum absolute atomic E-state index is 11.6. The number of aromatic amines is 1. The molecule has 5 nitrogen and oxygen atoms in total. The topological polar surface area (TPSA) is 63.6 Å². The van der Waals surface area contributed by atoms with Crippen molar-refractivity contribution in [2.75, 3.05) is 0 Å². The van der Waals surface area contributed by atoms with Crippen molar-refractivity contribution in [1.82, 2.24) is 19.7 Å². The number of H-pyrrole nitrogens is 1. The normalized spacial score (nSPS) is 10.9. The molecule has 0 atom stereocenters. The zero-order valence-electron chi connectivity index (χ0n) is 8.64. The van der Waals surface area contributed by atoms with Crippen LogP contribution in [-0.2, 0) is 0 Å². The second-order valence-corrected chi connectivity index (χ2v) is 3.59. The Morgan fingerprint density at radius 1 is 1.33 bits per heavy atom. The second kappa shape index (κ2) is 3.68. The highest BCUT2D eigenvalue weighted by Gasteiger charge is 2.08. The number of nitrogens with zero attached hydrogens (tertiary/aromatic N) is 3. The largest absolute Gasteiger partial charge is 0.292 e. The molecule has 0 aliphatic heterocycles. The molecule has 0 saturated carbocycles. The van der Waals surface area contributed by atoms with Crippen LogP contribution in [0.1, 0.15) is 25.5 Å². The Kier molecular flexibility index (Phi) is 2.37. The molecule has 0 amide bonds. The lowest BCUT2D eigenvalue weighted by Crippen LogP contribution is -2.16. The monoisotopic (exact) mass is 204 g/mol. The van der Waals surface area contributed by atoms with Gasteiger partial charge in [-0.15, -0.1) is 0 Å². The van der Waals surface area contributed by atoms with Gasteiger partial charge >= 0.3 is 0 Å². The first kappa shape index (κ1) is 9.64. The summed E-state index contributed by atoms with van der Waals surface area (Å²) < 4.78 is 1.34. The van der Waals surface area contributed by atoms with Crippen molar-refractivity contribution in [3.8, 4) is 5.95 Å². The maximum Gasteiger partial charge on any atom is 0.274 e. The van der Waals surface area contributed by atoms with E-state index >= 15 is 0 Å². The summed E-state index contributed by atoms with van der Waals surface area (Å²) in [4.78, 5) is 19.6. The van der Waals surface area contributed by atoms with Crippen molar-refractivity contribution in [3.05, 3.63) is 40.6 Å². The molecule has 0 fully saturated rings. The zero-order chi connectivity index (χ0) is 10.8. The number of aromatic nitrogens is 4. The number of nitrogens with one attached hydrogen (secondary N) is 1. The minimum Gasteiger partial charge on any atom is -0.292 e. The first-order chi connectivity index (χ1) is 7.18. The lowest BCUT2D eigenvalue weighted by atomic mass is 10.1. The van der Waals surface area contributed by atoms with Gasteiger partial charge in [0.1, 0.15) is 0 Å². The fraction of sp³-hybridized carbons (Fsp3) is 0.300. The van der Waals surface area contributed by atoms with Crippen LogP contribution in [0.3, 0.4) is 0 Å². The van der Waals surface area contributed by atoms with Gasteiger partial charge in [-0.3, -0.25) is 9.89 Å². The summed E-state index contributed by atoms with van der Waals surface area (Å²) in [5.74, 6) is 0.650. The molecule has 0 aromatic carbocycles. The fourth-order valence-electron chi connectivity index (χ4n) is 1.27. The van der Waals surface area contributed by atoms with Crippen LogP contribution in [0.5, 0.6) is 0 Å². The molecule has 5 heteroatoms. The number of hydrogen-bond acceptors (Lipinski definition) is 3. The van der Waals surface area contributed by atoms with Gasteiger partial charge < -0.3 is 0 Å². The Morgan fingerprint density at radius 3 is 2.53 bits per heavy atom. The van der Waals surface area contributed by atoms with Gasteiger partial charge in [-0.25, -0.2) is 9.97 Å². The van der Waals surface area contributed by atoms with Gasteiger partial charge in [0, 0.05) is 24.2 Å². The lowest BCUT2D eigenvalue weighted by Gasteiger charge is -2.00. The van der Waals surface area contributed by atoms with Crippen LogP contribution in [-0.4, -0.2) is 19.7 Å². The Bertz CT molecular complexity index is 498. The van der Waals surface area contributed by atoms with E-state index in [0.717, 1.165) is 5.69 Å². The molecule has 15 heavy (non-hydrogen) atoms. The second-order valence-electron chi connectivity index (χ2n) is 3.59. The fourth-order valence-corrected chi connectivity index (χ4v) is 1.27. The van der Waals surface area contributed by atoms with E-state index in [-0.39, 0.29) is 11.5 Å². The van der Waals surface area contributed by atoms with E-state index in [1.54, 1.807) is 24.5 Å². The molecular weight excluding hydrogens is 192 g/mol. The summed E-state index contributed by atoms with van der Waals surface area (Å²) in [5, 5.41) is 2.98. The van der Waals surface area contributed by atoms with Crippen molar-refractivity contribution >= 4 is 0 Å². The van der Waals surface area contributed by atoms with E-state index in [0.29, 0.717) is 5.95 Å². The van der Waals surface area contributed by atoms with Gasteiger partial charge in [0.05, 0.1) is 0 Å². The van der Waals surface area contributed by atoms with Gasteiger partial charge in [-0.1, -0.05) is 13.8 Å². The summed E-state index contributed by atoms with van der Waals surface area (Å²) in [5.41, 5.74) is 0.748. The molecule has 0 spiro atoms. The smallest absolute Gasteiger partial charge is 0.274 e. The van der Waals surface area contributed by atoms with Crippen molar-refractivity contribution < 1.29 is 0 Å².